The predicted octanol–water partition coefficient (Wildman–Crippen LogP) is 2.40. The van der Waals surface area contributed by atoms with Crippen molar-refractivity contribution in [2.24, 2.45) is 5.92 Å². The quantitative estimate of drug-likeness (QED) is 0.670. The zero-order valence-electron chi connectivity index (χ0n) is 10.3. The van der Waals surface area contributed by atoms with E-state index in [9.17, 15) is 5.11 Å². The molecule has 1 aromatic rings. The second-order valence-corrected chi connectivity index (χ2v) is 4.72. The fourth-order valence-electron chi connectivity index (χ4n) is 1.75. The van der Waals surface area contributed by atoms with Crippen LogP contribution in [0.3, 0.4) is 0 Å². The molecule has 3 nitrogen and oxygen atoms in total. The summed E-state index contributed by atoms with van der Waals surface area (Å²) in [6, 6.07) is 5.97. The van der Waals surface area contributed by atoms with Crippen LogP contribution in [0.15, 0.2) is 18.2 Å². The summed E-state index contributed by atoms with van der Waals surface area (Å²) in [6.45, 7) is 6.44. The Bertz CT molecular complexity index is 337. The first-order valence-electron chi connectivity index (χ1n) is 5.76. The van der Waals surface area contributed by atoms with Crippen molar-refractivity contribution in [2.75, 3.05) is 17.7 Å². The highest BCUT2D eigenvalue weighted by atomic mass is 16.3. The Morgan fingerprint density at radius 1 is 1.38 bits per heavy atom. The number of nitrogens with one attached hydrogen (secondary N) is 1. The maximum absolute atomic E-state index is 9.27. The lowest BCUT2D eigenvalue weighted by atomic mass is 10.0. The molecule has 0 radical (unpaired) electrons. The Hall–Kier alpha value is -1.22. The van der Waals surface area contributed by atoms with E-state index in [4.69, 9.17) is 5.73 Å². The van der Waals surface area contributed by atoms with Crippen LogP contribution in [0.4, 0.5) is 11.4 Å². The lowest BCUT2D eigenvalue weighted by molar-refractivity contribution is 0.259. The van der Waals surface area contributed by atoms with Gasteiger partial charge in [-0.1, -0.05) is 13.8 Å². The molecule has 0 saturated carbocycles. The maximum Gasteiger partial charge on any atom is 0.0632 e. The van der Waals surface area contributed by atoms with E-state index in [2.05, 4.69) is 19.2 Å². The summed E-state index contributed by atoms with van der Waals surface area (Å²) in [4.78, 5) is 0. The van der Waals surface area contributed by atoms with Gasteiger partial charge in [-0.15, -0.1) is 0 Å². The standard InChI is InChI=1S/C13H22N2O/c1-9(2)6-12(8-16)15-11-4-5-13(14)10(3)7-11/h4-5,7,9,12,15-16H,6,8,14H2,1-3H3. The molecule has 1 atom stereocenters. The van der Waals surface area contributed by atoms with Gasteiger partial charge >= 0.3 is 0 Å². The van der Waals surface area contributed by atoms with E-state index in [0.29, 0.717) is 5.92 Å². The van der Waals surface area contributed by atoms with Gasteiger partial charge in [-0.25, -0.2) is 0 Å². The van der Waals surface area contributed by atoms with Crippen molar-refractivity contribution in [1.29, 1.82) is 0 Å². The maximum atomic E-state index is 9.27. The third-order valence-corrected chi connectivity index (χ3v) is 2.62. The fourth-order valence-corrected chi connectivity index (χ4v) is 1.75. The van der Waals surface area contributed by atoms with Gasteiger partial charge in [0.15, 0.2) is 0 Å². The summed E-state index contributed by atoms with van der Waals surface area (Å²) in [5.41, 5.74) is 8.64. The first-order chi connectivity index (χ1) is 7.52. The molecule has 1 unspecified atom stereocenters. The molecule has 0 aliphatic heterocycles. The van der Waals surface area contributed by atoms with Crippen LogP contribution in [0.1, 0.15) is 25.8 Å². The summed E-state index contributed by atoms with van der Waals surface area (Å²) >= 11 is 0. The molecular formula is C13H22N2O. The molecule has 0 aliphatic carbocycles. The molecular weight excluding hydrogens is 200 g/mol. The van der Waals surface area contributed by atoms with Crippen LogP contribution >= 0.6 is 0 Å². The van der Waals surface area contributed by atoms with Crippen LogP contribution in [0.25, 0.3) is 0 Å². The van der Waals surface area contributed by atoms with E-state index in [0.717, 1.165) is 23.4 Å². The molecule has 90 valence electrons. The number of benzene rings is 1. The average molecular weight is 222 g/mol. The fraction of sp³-hybridized carbons (Fsp3) is 0.538. The molecule has 0 saturated heterocycles. The Morgan fingerprint density at radius 2 is 2.06 bits per heavy atom. The van der Waals surface area contributed by atoms with Crippen molar-refractivity contribution < 1.29 is 5.11 Å². The zero-order chi connectivity index (χ0) is 12.1. The van der Waals surface area contributed by atoms with Crippen molar-refractivity contribution in [3.63, 3.8) is 0 Å². The smallest absolute Gasteiger partial charge is 0.0632 e. The van der Waals surface area contributed by atoms with Crippen LogP contribution in [-0.4, -0.2) is 17.8 Å². The number of aliphatic hydroxyl groups is 1. The second-order valence-electron chi connectivity index (χ2n) is 4.72. The zero-order valence-corrected chi connectivity index (χ0v) is 10.3. The van der Waals surface area contributed by atoms with Gasteiger partial charge in [0.25, 0.3) is 0 Å². The van der Waals surface area contributed by atoms with Crippen molar-refractivity contribution >= 4 is 11.4 Å². The molecule has 0 spiro atoms. The van der Waals surface area contributed by atoms with E-state index in [1.165, 1.54) is 0 Å². The molecule has 0 bridgehead atoms. The van der Waals surface area contributed by atoms with Gasteiger partial charge in [-0.05, 0) is 43.0 Å². The summed E-state index contributed by atoms with van der Waals surface area (Å²) in [6.07, 6.45) is 0.958. The highest BCUT2D eigenvalue weighted by molar-refractivity contribution is 5.57. The van der Waals surface area contributed by atoms with Crippen LogP contribution in [0.5, 0.6) is 0 Å². The van der Waals surface area contributed by atoms with Gasteiger partial charge in [0.05, 0.1) is 6.61 Å². The van der Waals surface area contributed by atoms with Gasteiger partial charge in [-0.2, -0.15) is 0 Å². The molecule has 0 aliphatic rings. The van der Waals surface area contributed by atoms with Gasteiger partial charge in [-0.3, -0.25) is 0 Å². The second kappa shape index (κ2) is 5.75. The van der Waals surface area contributed by atoms with Crippen molar-refractivity contribution in [3.05, 3.63) is 23.8 Å². The summed E-state index contributed by atoms with van der Waals surface area (Å²) in [5.74, 6) is 0.569. The van der Waals surface area contributed by atoms with Gasteiger partial charge < -0.3 is 16.2 Å². The number of aliphatic hydroxyl groups excluding tert-OH is 1. The molecule has 1 aromatic carbocycles. The van der Waals surface area contributed by atoms with Crippen LogP contribution in [-0.2, 0) is 0 Å². The Morgan fingerprint density at radius 3 is 2.56 bits per heavy atom. The number of anilines is 2. The minimum atomic E-state index is 0.114. The highest BCUT2D eigenvalue weighted by Crippen LogP contribution is 2.18. The molecule has 0 amide bonds. The monoisotopic (exact) mass is 222 g/mol. The highest BCUT2D eigenvalue weighted by Gasteiger charge is 2.09. The minimum absolute atomic E-state index is 0.114. The molecule has 0 fully saturated rings. The lowest BCUT2D eigenvalue weighted by Gasteiger charge is -2.20. The Balaban J connectivity index is 2.66. The van der Waals surface area contributed by atoms with E-state index in [1.54, 1.807) is 0 Å². The molecule has 4 N–H and O–H groups in total. The van der Waals surface area contributed by atoms with E-state index in [1.807, 2.05) is 25.1 Å². The number of rotatable bonds is 5. The normalized spacial score (nSPS) is 12.8. The van der Waals surface area contributed by atoms with Crippen LogP contribution in [0.2, 0.25) is 0 Å². The molecule has 16 heavy (non-hydrogen) atoms. The average Bonchev–Trinajstić information content (AvgIpc) is 2.22. The SMILES string of the molecule is Cc1cc(NC(CO)CC(C)C)ccc1N. The summed E-state index contributed by atoms with van der Waals surface area (Å²) < 4.78 is 0. The summed E-state index contributed by atoms with van der Waals surface area (Å²) in [7, 11) is 0. The molecule has 0 aromatic heterocycles. The van der Waals surface area contributed by atoms with Gasteiger partial charge in [0.1, 0.15) is 0 Å². The molecule has 1 rings (SSSR count). The lowest BCUT2D eigenvalue weighted by Crippen LogP contribution is -2.25. The first-order valence-corrected chi connectivity index (χ1v) is 5.76. The predicted molar refractivity (Wildman–Crippen MR) is 69.5 cm³/mol. The number of hydrogen-bond acceptors (Lipinski definition) is 3. The van der Waals surface area contributed by atoms with Crippen LogP contribution < -0.4 is 11.1 Å². The van der Waals surface area contributed by atoms with Crippen LogP contribution in [0, 0.1) is 12.8 Å². The number of aryl methyl sites for hydroxylation is 1. The molecule has 0 heterocycles. The topological polar surface area (TPSA) is 58.3 Å². The van der Waals surface area contributed by atoms with Crippen molar-refractivity contribution in [1.82, 2.24) is 0 Å². The van der Waals surface area contributed by atoms with Crippen molar-refractivity contribution in [3.8, 4) is 0 Å². The largest absolute Gasteiger partial charge is 0.399 e. The number of nitrogens with two attached hydrogens (primary N) is 1. The Kier molecular flexibility index (Phi) is 4.62. The number of nitrogen functional groups attached to an aromatic ring is 1. The van der Waals surface area contributed by atoms with Gasteiger partial charge in [0.2, 0.25) is 0 Å². The Labute approximate surface area is 97.7 Å². The van der Waals surface area contributed by atoms with E-state index in [-0.39, 0.29) is 12.6 Å². The first kappa shape index (κ1) is 12.8. The van der Waals surface area contributed by atoms with E-state index >= 15 is 0 Å². The molecule has 3 heteroatoms. The van der Waals surface area contributed by atoms with E-state index < -0.39 is 0 Å². The van der Waals surface area contributed by atoms with Gasteiger partial charge in [0, 0.05) is 17.4 Å². The minimum Gasteiger partial charge on any atom is -0.399 e. The summed E-state index contributed by atoms with van der Waals surface area (Å²) in [5, 5.41) is 12.6. The number of hydrogen-bond donors (Lipinski definition) is 3. The van der Waals surface area contributed by atoms with Crippen molar-refractivity contribution in [2.45, 2.75) is 33.2 Å². The third-order valence-electron chi connectivity index (χ3n) is 2.62. The third kappa shape index (κ3) is 3.74.